The Kier molecular flexibility index (Phi) is 8.95. The number of tetrazole rings is 1. The molecule has 0 bridgehead atoms. The van der Waals surface area contributed by atoms with Gasteiger partial charge in [-0.2, -0.15) is 5.21 Å². The number of H-pyrrole nitrogens is 1. The number of aliphatic hydroxyl groups excluding tert-OH is 1. The van der Waals surface area contributed by atoms with E-state index in [0.717, 1.165) is 11.1 Å². The van der Waals surface area contributed by atoms with Gasteiger partial charge in [0.05, 0.1) is 12.1 Å². The molecular formula is C27H32F2N6O2. The lowest BCUT2D eigenvalue weighted by Gasteiger charge is -2.23. The highest BCUT2D eigenvalue weighted by atomic mass is 19.3. The first-order valence-corrected chi connectivity index (χ1v) is 12.5. The molecule has 37 heavy (non-hydrogen) atoms. The van der Waals surface area contributed by atoms with E-state index in [-0.39, 0.29) is 50.1 Å². The fraction of sp³-hybridized carbons (Fsp3) is 0.407. The van der Waals surface area contributed by atoms with Crippen LogP contribution >= 0.6 is 0 Å². The number of urea groups is 1. The number of carbonyl (C=O) groups excluding carboxylic acids is 1. The van der Waals surface area contributed by atoms with Gasteiger partial charge in [0.15, 0.2) is 5.82 Å². The van der Waals surface area contributed by atoms with Crippen molar-refractivity contribution in [1.82, 2.24) is 30.4 Å². The van der Waals surface area contributed by atoms with Gasteiger partial charge < -0.3 is 14.9 Å². The maximum absolute atomic E-state index is 14.5. The first kappa shape index (κ1) is 26.4. The number of amides is 2. The summed E-state index contributed by atoms with van der Waals surface area (Å²) in [6, 6.07) is 18.8. The number of benzene rings is 2. The minimum atomic E-state index is -2.90. The monoisotopic (exact) mass is 510 g/mol. The van der Waals surface area contributed by atoms with E-state index in [1.54, 1.807) is 15.9 Å². The summed E-state index contributed by atoms with van der Waals surface area (Å²) in [5.41, 5.74) is 2.00. The molecule has 1 aliphatic heterocycles. The third-order valence-electron chi connectivity index (χ3n) is 6.43. The summed E-state index contributed by atoms with van der Waals surface area (Å²) in [6.07, 6.45) is 2.72. The first-order valence-electron chi connectivity index (χ1n) is 12.5. The highest BCUT2D eigenvalue weighted by molar-refractivity contribution is 5.77. The van der Waals surface area contributed by atoms with Crippen molar-refractivity contribution in [2.75, 3.05) is 13.1 Å². The molecule has 2 aromatic carbocycles. The van der Waals surface area contributed by atoms with Crippen LogP contribution in [-0.2, 0) is 19.4 Å². The molecule has 2 amide bonds. The molecule has 1 fully saturated rings. The summed E-state index contributed by atoms with van der Waals surface area (Å²) in [7, 11) is 0. The van der Waals surface area contributed by atoms with Gasteiger partial charge in [0.2, 0.25) is 5.92 Å². The number of aromatic amines is 1. The van der Waals surface area contributed by atoms with Crippen molar-refractivity contribution in [3.05, 3.63) is 89.8 Å². The molecule has 2 heterocycles. The van der Waals surface area contributed by atoms with Gasteiger partial charge in [0.25, 0.3) is 0 Å². The third-order valence-corrected chi connectivity index (χ3v) is 6.43. The minimum absolute atomic E-state index is 0.0294. The topological polar surface area (TPSA) is 98.2 Å². The van der Waals surface area contributed by atoms with Gasteiger partial charge in [-0.05, 0) is 17.5 Å². The number of hydrogen-bond donors (Lipinski definition) is 2. The number of aryl methyl sites for hydroxylation is 1. The van der Waals surface area contributed by atoms with Crippen LogP contribution in [0.4, 0.5) is 13.6 Å². The highest BCUT2D eigenvalue weighted by Gasteiger charge is 2.36. The van der Waals surface area contributed by atoms with Crippen molar-refractivity contribution >= 4 is 6.03 Å². The first-order chi connectivity index (χ1) is 17.9. The molecular weight excluding hydrogens is 478 g/mol. The number of halogens is 2. The predicted molar refractivity (Wildman–Crippen MR) is 135 cm³/mol. The van der Waals surface area contributed by atoms with Crippen LogP contribution in [0.2, 0.25) is 0 Å². The normalized spacial score (nSPS) is 17.2. The molecule has 8 nitrogen and oxygen atoms in total. The van der Waals surface area contributed by atoms with Crippen LogP contribution < -0.4 is 0 Å². The number of nitrogens with one attached hydrogen (secondary N) is 1. The van der Waals surface area contributed by atoms with Crippen LogP contribution in [-0.4, -0.2) is 72.7 Å². The average molecular weight is 511 g/mol. The number of rotatable bonds is 13. The molecule has 1 aromatic heterocycles. The second-order valence-corrected chi connectivity index (χ2v) is 9.34. The molecule has 0 spiro atoms. The molecule has 1 aliphatic rings. The SMILES string of the molecule is O=C1N(Cc2ccccc2)C[C@H](/C=C/C(O)Cc2ccccc2)N1CCCC(F)(F)CCc1nn[nH]n1. The predicted octanol–water partition coefficient (Wildman–Crippen LogP) is 4.01. The second-order valence-electron chi connectivity index (χ2n) is 9.34. The summed E-state index contributed by atoms with van der Waals surface area (Å²) >= 11 is 0. The van der Waals surface area contributed by atoms with E-state index in [0.29, 0.717) is 19.5 Å². The summed E-state index contributed by atoms with van der Waals surface area (Å²) in [6.45, 7) is 1.07. The Balaban J connectivity index is 1.37. The van der Waals surface area contributed by atoms with E-state index in [1.165, 1.54) is 0 Å². The van der Waals surface area contributed by atoms with Crippen LogP contribution in [0, 0.1) is 0 Å². The smallest absolute Gasteiger partial charge is 0.320 e. The van der Waals surface area contributed by atoms with E-state index < -0.39 is 12.0 Å². The molecule has 0 saturated carbocycles. The van der Waals surface area contributed by atoms with Crippen molar-refractivity contribution in [1.29, 1.82) is 0 Å². The quantitative estimate of drug-likeness (QED) is 0.339. The molecule has 1 saturated heterocycles. The van der Waals surface area contributed by atoms with Gasteiger partial charge in [-0.25, -0.2) is 13.6 Å². The summed E-state index contributed by atoms with van der Waals surface area (Å²) < 4.78 is 28.9. The highest BCUT2D eigenvalue weighted by Crippen LogP contribution is 2.27. The van der Waals surface area contributed by atoms with E-state index >= 15 is 0 Å². The van der Waals surface area contributed by atoms with Gasteiger partial charge in [0, 0.05) is 45.3 Å². The zero-order valence-corrected chi connectivity index (χ0v) is 20.6. The Morgan fingerprint density at radius 3 is 2.46 bits per heavy atom. The zero-order chi connectivity index (χ0) is 26.1. The molecule has 4 rings (SSSR count). The number of nitrogens with zero attached hydrogens (tertiary/aromatic N) is 5. The largest absolute Gasteiger partial charge is 0.389 e. The van der Waals surface area contributed by atoms with Crippen LogP contribution in [0.1, 0.15) is 36.2 Å². The minimum Gasteiger partial charge on any atom is -0.389 e. The van der Waals surface area contributed by atoms with Crippen molar-refractivity contribution in [3.63, 3.8) is 0 Å². The molecule has 3 aromatic rings. The Labute approximate surface area is 215 Å². The van der Waals surface area contributed by atoms with Crippen LogP contribution in [0.5, 0.6) is 0 Å². The zero-order valence-electron chi connectivity index (χ0n) is 20.6. The number of alkyl halides is 2. The lowest BCUT2D eigenvalue weighted by Crippen LogP contribution is -2.35. The van der Waals surface area contributed by atoms with Gasteiger partial charge >= 0.3 is 6.03 Å². The maximum Gasteiger partial charge on any atom is 0.320 e. The molecule has 196 valence electrons. The van der Waals surface area contributed by atoms with Crippen molar-refractivity contribution in [3.8, 4) is 0 Å². The molecule has 1 unspecified atom stereocenters. The fourth-order valence-electron chi connectivity index (χ4n) is 4.48. The van der Waals surface area contributed by atoms with E-state index in [2.05, 4.69) is 20.6 Å². The van der Waals surface area contributed by atoms with Crippen LogP contribution in [0.3, 0.4) is 0 Å². The lowest BCUT2D eigenvalue weighted by atomic mass is 10.1. The number of carbonyl (C=O) groups is 1. The standard InChI is InChI=1S/C27H32F2N6O2/c28-27(29,16-14-25-30-32-33-31-25)15-7-17-35-23(12-13-24(36)18-21-8-3-1-4-9-21)20-34(26(35)37)19-22-10-5-2-6-11-22/h1-6,8-13,23-24,36H,7,14-20H2,(H,30,31,32,33)/b13-12+/t23-,24?/m0/s1. The molecule has 0 radical (unpaired) electrons. The molecule has 0 aliphatic carbocycles. The second kappa shape index (κ2) is 12.5. The van der Waals surface area contributed by atoms with Crippen LogP contribution in [0.25, 0.3) is 0 Å². The summed E-state index contributed by atoms with van der Waals surface area (Å²) in [5.74, 6) is -2.64. The van der Waals surface area contributed by atoms with Gasteiger partial charge in [-0.15, -0.1) is 10.2 Å². The van der Waals surface area contributed by atoms with E-state index in [9.17, 15) is 18.7 Å². The summed E-state index contributed by atoms with van der Waals surface area (Å²) in [5, 5.41) is 23.6. The molecule has 2 atom stereocenters. The van der Waals surface area contributed by atoms with Gasteiger partial charge in [0.1, 0.15) is 0 Å². The van der Waals surface area contributed by atoms with Crippen molar-refractivity contribution in [2.24, 2.45) is 0 Å². The van der Waals surface area contributed by atoms with Gasteiger partial charge in [-0.3, -0.25) is 0 Å². The Morgan fingerprint density at radius 1 is 1.08 bits per heavy atom. The van der Waals surface area contributed by atoms with Crippen molar-refractivity contribution in [2.45, 2.75) is 56.7 Å². The number of aliphatic hydroxyl groups is 1. The van der Waals surface area contributed by atoms with Crippen molar-refractivity contribution < 1.29 is 18.7 Å². The van der Waals surface area contributed by atoms with Gasteiger partial charge in [-0.1, -0.05) is 78.0 Å². The Bertz CT molecular complexity index is 1130. The van der Waals surface area contributed by atoms with E-state index in [4.69, 9.17) is 0 Å². The maximum atomic E-state index is 14.5. The number of aromatic nitrogens is 4. The lowest BCUT2D eigenvalue weighted by molar-refractivity contribution is -0.0194. The number of hydrogen-bond acceptors (Lipinski definition) is 5. The average Bonchev–Trinajstić information content (AvgIpc) is 3.52. The fourth-order valence-corrected chi connectivity index (χ4v) is 4.48. The van der Waals surface area contributed by atoms with Crippen LogP contribution in [0.15, 0.2) is 72.8 Å². The summed E-state index contributed by atoms with van der Waals surface area (Å²) in [4.78, 5) is 16.6. The Hall–Kier alpha value is -3.66. The Morgan fingerprint density at radius 2 is 1.78 bits per heavy atom. The molecule has 2 N–H and O–H groups in total. The third kappa shape index (κ3) is 7.91. The molecule has 10 heteroatoms. The van der Waals surface area contributed by atoms with E-state index in [1.807, 2.05) is 66.7 Å².